The van der Waals surface area contributed by atoms with Crippen molar-refractivity contribution >= 4 is 15.8 Å². The van der Waals surface area contributed by atoms with Crippen LogP contribution in [0.4, 0.5) is 4.39 Å². The van der Waals surface area contributed by atoms with E-state index < -0.39 is 26.9 Å². The van der Waals surface area contributed by atoms with Crippen molar-refractivity contribution in [2.24, 2.45) is 0 Å². The molecule has 1 saturated heterocycles. The van der Waals surface area contributed by atoms with Crippen molar-refractivity contribution < 1.29 is 27.4 Å². The third-order valence-electron chi connectivity index (χ3n) is 3.21. The molecule has 1 N–H and O–H groups in total. The molecule has 0 aliphatic carbocycles. The van der Waals surface area contributed by atoms with E-state index >= 15 is 0 Å². The molecular weight excluding hydrogens is 287 g/mol. The second-order valence-electron chi connectivity index (χ2n) is 4.72. The molecule has 1 aromatic carbocycles. The fourth-order valence-electron chi connectivity index (χ4n) is 1.95. The summed E-state index contributed by atoms with van der Waals surface area (Å²) in [5.74, 6) is -1.70. The van der Waals surface area contributed by atoms with Crippen LogP contribution in [0.2, 0.25) is 0 Å². The molecule has 0 bridgehead atoms. The lowest BCUT2D eigenvalue weighted by atomic mass is 10.1. The van der Waals surface area contributed by atoms with Crippen LogP contribution in [0.5, 0.6) is 0 Å². The molecule has 0 spiro atoms. The Morgan fingerprint density at radius 2 is 2.10 bits per heavy atom. The molecule has 0 atom stereocenters. The van der Waals surface area contributed by atoms with E-state index in [4.69, 9.17) is 9.84 Å². The first-order chi connectivity index (χ1) is 9.41. The molecule has 1 aromatic rings. The number of carboxylic acids is 1. The standard InChI is InChI=1S/C13H15FO5S/c14-11-6-9(2-1-3-13(15)16)4-5-12(11)20(17,18)10-7-19-8-10/h4-6,10H,1-3,7-8H2,(H,15,16). The van der Waals surface area contributed by atoms with E-state index in [2.05, 4.69) is 0 Å². The van der Waals surface area contributed by atoms with E-state index in [-0.39, 0.29) is 24.5 Å². The molecule has 20 heavy (non-hydrogen) atoms. The van der Waals surface area contributed by atoms with Gasteiger partial charge in [0.15, 0.2) is 9.84 Å². The molecule has 0 amide bonds. The lowest BCUT2D eigenvalue weighted by molar-refractivity contribution is -0.137. The highest BCUT2D eigenvalue weighted by Crippen LogP contribution is 2.25. The largest absolute Gasteiger partial charge is 0.481 e. The maximum Gasteiger partial charge on any atom is 0.303 e. The number of hydrogen-bond acceptors (Lipinski definition) is 4. The summed E-state index contributed by atoms with van der Waals surface area (Å²) in [5.41, 5.74) is 0.590. The normalized spacial score (nSPS) is 15.8. The van der Waals surface area contributed by atoms with Crippen LogP contribution in [0, 0.1) is 5.82 Å². The molecule has 0 radical (unpaired) electrons. The first-order valence-corrected chi connectivity index (χ1v) is 7.78. The number of sulfone groups is 1. The Morgan fingerprint density at radius 3 is 2.60 bits per heavy atom. The Labute approximate surface area is 116 Å². The minimum Gasteiger partial charge on any atom is -0.481 e. The Balaban J connectivity index is 2.11. The molecular formula is C13H15FO5S. The number of ether oxygens (including phenoxy) is 1. The number of rotatable bonds is 6. The van der Waals surface area contributed by atoms with Gasteiger partial charge < -0.3 is 9.84 Å². The summed E-state index contributed by atoms with van der Waals surface area (Å²) in [6, 6.07) is 3.94. The lowest BCUT2D eigenvalue weighted by Crippen LogP contribution is -2.40. The van der Waals surface area contributed by atoms with E-state index in [1.165, 1.54) is 12.1 Å². The number of hydrogen-bond donors (Lipinski definition) is 1. The van der Waals surface area contributed by atoms with Gasteiger partial charge in [0.2, 0.25) is 0 Å². The average molecular weight is 302 g/mol. The summed E-state index contributed by atoms with van der Waals surface area (Å²) < 4.78 is 42.8. The molecule has 110 valence electrons. The highest BCUT2D eigenvalue weighted by atomic mass is 32.2. The SMILES string of the molecule is O=C(O)CCCc1ccc(S(=O)(=O)C2COC2)c(F)c1. The van der Waals surface area contributed by atoms with Crippen molar-refractivity contribution in [1.29, 1.82) is 0 Å². The quantitative estimate of drug-likeness (QED) is 0.859. The summed E-state index contributed by atoms with van der Waals surface area (Å²) in [6.07, 6.45) is 0.786. The van der Waals surface area contributed by atoms with Gasteiger partial charge in [-0.2, -0.15) is 0 Å². The zero-order chi connectivity index (χ0) is 14.8. The zero-order valence-corrected chi connectivity index (χ0v) is 11.5. The predicted octanol–water partition coefficient (Wildman–Crippen LogP) is 1.41. The van der Waals surface area contributed by atoms with Crippen molar-refractivity contribution in [2.75, 3.05) is 13.2 Å². The van der Waals surface area contributed by atoms with Gasteiger partial charge in [0.05, 0.1) is 13.2 Å². The van der Waals surface area contributed by atoms with Crippen LogP contribution >= 0.6 is 0 Å². The number of carbonyl (C=O) groups is 1. The van der Waals surface area contributed by atoms with Crippen molar-refractivity contribution in [3.05, 3.63) is 29.6 Å². The molecule has 0 aromatic heterocycles. The first kappa shape index (κ1) is 14.9. The summed E-state index contributed by atoms with van der Waals surface area (Å²) in [6.45, 7) is 0.199. The minimum absolute atomic E-state index is 0.00107. The highest BCUT2D eigenvalue weighted by molar-refractivity contribution is 7.92. The topological polar surface area (TPSA) is 80.7 Å². The van der Waals surface area contributed by atoms with Crippen LogP contribution < -0.4 is 0 Å². The van der Waals surface area contributed by atoms with E-state index in [9.17, 15) is 17.6 Å². The molecule has 0 unspecified atom stereocenters. The van der Waals surface area contributed by atoms with Crippen molar-refractivity contribution in [2.45, 2.75) is 29.4 Å². The molecule has 1 aliphatic rings. The van der Waals surface area contributed by atoms with Crippen LogP contribution in [0.3, 0.4) is 0 Å². The molecule has 0 saturated carbocycles. The van der Waals surface area contributed by atoms with Gasteiger partial charge in [0.1, 0.15) is 16.0 Å². The van der Waals surface area contributed by atoms with E-state index in [0.29, 0.717) is 18.4 Å². The van der Waals surface area contributed by atoms with Crippen molar-refractivity contribution in [3.63, 3.8) is 0 Å². The first-order valence-electron chi connectivity index (χ1n) is 6.23. The smallest absolute Gasteiger partial charge is 0.303 e. The molecule has 1 fully saturated rings. The summed E-state index contributed by atoms with van der Waals surface area (Å²) in [7, 11) is -3.68. The van der Waals surface area contributed by atoms with E-state index in [1.54, 1.807) is 0 Å². The van der Waals surface area contributed by atoms with Crippen LogP contribution in [-0.4, -0.2) is 38.0 Å². The van der Waals surface area contributed by atoms with E-state index in [1.807, 2.05) is 0 Å². The third-order valence-corrected chi connectivity index (χ3v) is 5.30. The highest BCUT2D eigenvalue weighted by Gasteiger charge is 2.35. The second-order valence-corrected chi connectivity index (χ2v) is 6.91. The van der Waals surface area contributed by atoms with Crippen LogP contribution in [0.15, 0.2) is 23.1 Å². The lowest BCUT2D eigenvalue weighted by Gasteiger charge is -2.25. The predicted molar refractivity (Wildman–Crippen MR) is 68.8 cm³/mol. The van der Waals surface area contributed by atoms with Gasteiger partial charge in [-0.3, -0.25) is 4.79 Å². The number of halogens is 1. The summed E-state index contributed by atoms with van der Waals surface area (Å²) >= 11 is 0. The number of aliphatic carboxylic acids is 1. The Hall–Kier alpha value is -1.47. The fraction of sp³-hybridized carbons (Fsp3) is 0.462. The van der Waals surface area contributed by atoms with Gasteiger partial charge in [0, 0.05) is 6.42 Å². The second kappa shape index (κ2) is 5.88. The Morgan fingerprint density at radius 1 is 1.40 bits per heavy atom. The van der Waals surface area contributed by atoms with E-state index in [0.717, 1.165) is 6.07 Å². The van der Waals surface area contributed by atoms with Crippen molar-refractivity contribution in [1.82, 2.24) is 0 Å². The number of benzene rings is 1. The molecule has 2 rings (SSSR count). The van der Waals surface area contributed by atoms with Crippen LogP contribution in [0.1, 0.15) is 18.4 Å². The third kappa shape index (κ3) is 3.16. The minimum atomic E-state index is -3.68. The fourth-order valence-corrected chi connectivity index (χ4v) is 3.45. The van der Waals surface area contributed by atoms with Gasteiger partial charge in [-0.25, -0.2) is 12.8 Å². The number of carboxylic acid groups (broad SMARTS) is 1. The molecule has 7 heteroatoms. The molecule has 1 heterocycles. The van der Waals surface area contributed by atoms with Gasteiger partial charge in [-0.1, -0.05) is 6.07 Å². The zero-order valence-electron chi connectivity index (χ0n) is 10.7. The van der Waals surface area contributed by atoms with Crippen LogP contribution in [-0.2, 0) is 25.8 Å². The number of aryl methyl sites for hydroxylation is 1. The van der Waals surface area contributed by atoms with Gasteiger partial charge >= 0.3 is 5.97 Å². The average Bonchev–Trinajstić information content (AvgIpc) is 2.24. The Bertz CT molecular complexity index is 607. The summed E-state index contributed by atoms with van der Waals surface area (Å²) in [4.78, 5) is 10.1. The van der Waals surface area contributed by atoms with Gasteiger partial charge in [-0.15, -0.1) is 0 Å². The molecule has 5 nitrogen and oxygen atoms in total. The van der Waals surface area contributed by atoms with Crippen LogP contribution in [0.25, 0.3) is 0 Å². The maximum atomic E-state index is 13.9. The molecule has 1 aliphatic heterocycles. The summed E-state index contributed by atoms with van der Waals surface area (Å²) in [5, 5.41) is 7.85. The van der Waals surface area contributed by atoms with Crippen molar-refractivity contribution in [3.8, 4) is 0 Å². The monoisotopic (exact) mass is 302 g/mol. The van der Waals surface area contributed by atoms with Gasteiger partial charge in [-0.05, 0) is 30.5 Å². The maximum absolute atomic E-state index is 13.9. The van der Waals surface area contributed by atoms with Gasteiger partial charge in [0.25, 0.3) is 0 Å². The Kier molecular flexibility index (Phi) is 4.39.